The van der Waals surface area contributed by atoms with Crippen LogP contribution >= 0.6 is 0 Å². The molecule has 0 aromatic heterocycles. The molecule has 1 aliphatic rings. The SMILES string of the molecule is NC(=O)C(CNC(=O)O)N1CCCCCC1. The van der Waals surface area contributed by atoms with Crippen LogP contribution in [0.1, 0.15) is 25.7 Å². The van der Waals surface area contributed by atoms with Gasteiger partial charge in [-0.3, -0.25) is 9.69 Å². The topological polar surface area (TPSA) is 95.7 Å². The van der Waals surface area contributed by atoms with E-state index in [1.165, 1.54) is 0 Å². The van der Waals surface area contributed by atoms with Gasteiger partial charge >= 0.3 is 6.09 Å². The third kappa shape index (κ3) is 4.06. The van der Waals surface area contributed by atoms with E-state index in [9.17, 15) is 9.59 Å². The molecule has 4 N–H and O–H groups in total. The summed E-state index contributed by atoms with van der Waals surface area (Å²) in [4.78, 5) is 23.6. The predicted molar refractivity (Wildman–Crippen MR) is 59.1 cm³/mol. The van der Waals surface area contributed by atoms with Crippen molar-refractivity contribution >= 4 is 12.0 Å². The molecular weight excluding hydrogens is 210 g/mol. The molecule has 1 heterocycles. The summed E-state index contributed by atoms with van der Waals surface area (Å²) in [7, 11) is 0. The van der Waals surface area contributed by atoms with Crippen LogP contribution in [-0.4, -0.2) is 47.7 Å². The maximum atomic E-state index is 11.3. The van der Waals surface area contributed by atoms with E-state index in [1.807, 2.05) is 4.90 Å². The van der Waals surface area contributed by atoms with Gasteiger partial charge in [-0.05, 0) is 25.9 Å². The molecule has 1 aliphatic heterocycles. The summed E-state index contributed by atoms with van der Waals surface area (Å²) >= 11 is 0. The van der Waals surface area contributed by atoms with E-state index in [4.69, 9.17) is 10.8 Å². The van der Waals surface area contributed by atoms with E-state index in [2.05, 4.69) is 5.32 Å². The number of nitrogens with one attached hydrogen (secondary N) is 1. The van der Waals surface area contributed by atoms with Gasteiger partial charge in [0.05, 0.1) is 0 Å². The second kappa shape index (κ2) is 6.32. The minimum absolute atomic E-state index is 0.0741. The Labute approximate surface area is 94.8 Å². The molecular formula is C10H19N3O3. The Kier molecular flexibility index (Phi) is 5.04. The smallest absolute Gasteiger partial charge is 0.404 e. The molecule has 0 saturated carbocycles. The highest BCUT2D eigenvalue weighted by molar-refractivity contribution is 5.80. The molecule has 1 saturated heterocycles. The molecule has 1 fully saturated rings. The second-order valence-electron chi connectivity index (χ2n) is 4.05. The average molecular weight is 229 g/mol. The molecule has 16 heavy (non-hydrogen) atoms. The molecule has 0 bridgehead atoms. The van der Waals surface area contributed by atoms with E-state index < -0.39 is 18.0 Å². The number of nitrogens with two attached hydrogens (primary N) is 1. The number of nitrogens with zero attached hydrogens (tertiary/aromatic N) is 1. The van der Waals surface area contributed by atoms with Crippen LogP contribution in [0.4, 0.5) is 4.79 Å². The highest BCUT2D eigenvalue weighted by atomic mass is 16.4. The van der Waals surface area contributed by atoms with Gasteiger partial charge in [-0.1, -0.05) is 12.8 Å². The van der Waals surface area contributed by atoms with Gasteiger partial charge < -0.3 is 16.2 Å². The molecule has 2 amide bonds. The van der Waals surface area contributed by atoms with Gasteiger partial charge in [-0.2, -0.15) is 0 Å². The fraction of sp³-hybridized carbons (Fsp3) is 0.800. The van der Waals surface area contributed by atoms with Gasteiger partial charge in [-0.15, -0.1) is 0 Å². The van der Waals surface area contributed by atoms with E-state index in [0.29, 0.717) is 0 Å². The van der Waals surface area contributed by atoms with Crippen molar-refractivity contribution in [3.8, 4) is 0 Å². The number of likely N-dealkylation sites (tertiary alicyclic amines) is 1. The zero-order chi connectivity index (χ0) is 12.0. The molecule has 1 atom stereocenters. The fourth-order valence-corrected chi connectivity index (χ4v) is 2.00. The van der Waals surface area contributed by atoms with Crippen LogP contribution in [0.25, 0.3) is 0 Å². The van der Waals surface area contributed by atoms with Gasteiger partial charge in [0.15, 0.2) is 0 Å². The lowest BCUT2D eigenvalue weighted by Gasteiger charge is -2.27. The number of amides is 2. The molecule has 6 heteroatoms. The van der Waals surface area contributed by atoms with Crippen LogP contribution in [0.15, 0.2) is 0 Å². The number of hydrogen-bond acceptors (Lipinski definition) is 3. The van der Waals surface area contributed by atoms with Gasteiger partial charge in [-0.25, -0.2) is 4.79 Å². The van der Waals surface area contributed by atoms with E-state index >= 15 is 0 Å². The maximum Gasteiger partial charge on any atom is 0.404 e. The van der Waals surface area contributed by atoms with E-state index in [0.717, 1.165) is 38.8 Å². The van der Waals surface area contributed by atoms with E-state index in [1.54, 1.807) is 0 Å². The molecule has 1 rings (SSSR count). The summed E-state index contributed by atoms with van der Waals surface area (Å²) in [6.07, 6.45) is 3.28. The predicted octanol–water partition coefficient (Wildman–Crippen LogP) is -0.0161. The van der Waals surface area contributed by atoms with Crippen molar-refractivity contribution in [1.82, 2.24) is 10.2 Å². The van der Waals surface area contributed by atoms with Gasteiger partial charge in [0.2, 0.25) is 5.91 Å². The minimum Gasteiger partial charge on any atom is -0.465 e. The first-order chi connectivity index (χ1) is 7.61. The van der Waals surface area contributed by atoms with Crippen molar-refractivity contribution in [1.29, 1.82) is 0 Å². The first-order valence-corrected chi connectivity index (χ1v) is 5.61. The molecule has 92 valence electrons. The number of carbonyl (C=O) groups is 2. The first kappa shape index (κ1) is 12.8. The van der Waals surface area contributed by atoms with Gasteiger partial charge in [0.1, 0.15) is 6.04 Å². The largest absolute Gasteiger partial charge is 0.465 e. The molecule has 0 spiro atoms. The summed E-state index contributed by atoms with van der Waals surface area (Å²) in [5.74, 6) is -0.462. The highest BCUT2D eigenvalue weighted by Crippen LogP contribution is 2.12. The summed E-state index contributed by atoms with van der Waals surface area (Å²) < 4.78 is 0. The average Bonchev–Trinajstić information content (AvgIpc) is 2.45. The highest BCUT2D eigenvalue weighted by Gasteiger charge is 2.24. The van der Waals surface area contributed by atoms with Crippen LogP contribution in [0.3, 0.4) is 0 Å². The lowest BCUT2D eigenvalue weighted by atomic mass is 10.2. The molecule has 1 unspecified atom stereocenters. The van der Waals surface area contributed by atoms with Crippen LogP contribution in [0, 0.1) is 0 Å². The Bertz CT molecular complexity index is 250. The normalized spacial score (nSPS) is 19.8. The van der Waals surface area contributed by atoms with Crippen molar-refractivity contribution in [2.45, 2.75) is 31.7 Å². The third-order valence-electron chi connectivity index (χ3n) is 2.86. The Morgan fingerprint density at radius 3 is 2.25 bits per heavy atom. The van der Waals surface area contributed by atoms with Crippen molar-refractivity contribution in [2.75, 3.05) is 19.6 Å². The van der Waals surface area contributed by atoms with Gasteiger partial charge in [0.25, 0.3) is 0 Å². The lowest BCUT2D eigenvalue weighted by molar-refractivity contribution is -0.123. The van der Waals surface area contributed by atoms with Crippen LogP contribution in [-0.2, 0) is 4.79 Å². The van der Waals surface area contributed by atoms with Crippen molar-refractivity contribution in [2.24, 2.45) is 5.73 Å². The second-order valence-corrected chi connectivity index (χ2v) is 4.05. The third-order valence-corrected chi connectivity index (χ3v) is 2.86. The monoisotopic (exact) mass is 229 g/mol. The Hall–Kier alpha value is -1.30. The Morgan fingerprint density at radius 2 is 1.81 bits per heavy atom. The number of carbonyl (C=O) groups excluding carboxylic acids is 1. The summed E-state index contributed by atoms with van der Waals surface area (Å²) in [6, 6.07) is -0.519. The standard InChI is InChI=1S/C10H19N3O3/c11-9(14)8(7-12-10(15)16)13-5-3-1-2-4-6-13/h8,12H,1-7H2,(H2,11,14)(H,15,16). The van der Waals surface area contributed by atoms with E-state index in [-0.39, 0.29) is 6.54 Å². The Balaban J connectivity index is 2.53. The van der Waals surface area contributed by atoms with Crippen molar-refractivity contribution in [3.05, 3.63) is 0 Å². The lowest BCUT2D eigenvalue weighted by Crippen LogP contribution is -2.51. The van der Waals surface area contributed by atoms with Gasteiger partial charge in [0, 0.05) is 6.54 Å². The molecule has 0 aromatic rings. The molecule has 0 radical (unpaired) electrons. The quantitative estimate of drug-likeness (QED) is 0.631. The molecule has 0 aromatic carbocycles. The fourth-order valence-electron chi connectivity index (χ4n) is 2.00. The number of hydrogen-bond donors (Lipinski definition) is 3. The number of carboxylic acid groups (broad SMARTS) is 1. The Morgan fingerprint density at radius 1 is 1.25 bits per heavy atom. The molecule has 0 aliphatic carbocycles. The first-order valence-electron chi connectivity index (χ1n) is 5.61. The van der Waals surface area contributed by atoms with Crippen molar-refractivity contribution < 1.29 is 14.7 Å². The zero-order valence-corrected chi connectivity index (χ0v) is 9.32. The van der Waals surface area contributed by atoms with Crippen LogP contribution in [0.5, 0.6) is 0 Å². The summed E-state index contributed by atoms with van der Waals surface area (Å²) in [6.45, 7) is 1.70. The molecule has 6 nitrogen and oxygen atoms in total. The summed E-state index contributed by atoms with van der Waals surface area (Å²) in [5, 5.41) is 10.7. The van der Waals surface area contributed by atoms with Crippen LogP contribution < -0.4 is 11.1 Å². The number of rotatable bonds is 4. The minimum atomic E-state index is -1.12. The number of primary amides is 1. The zero-order valence-electron chi connectivity index (χ0n) is 9.32. The van der Waals surface area contributed by atoms with Crippen molar-refractivity contribution in [3.63, 3.8) is 0 Å². The van der Waals surface area contributed by atoms with Crippen LogP contribution in [0.2, 0.25) is 0 Å². The summed E-state index contributed by atoms with van der Waals surface area (Å²) in [5.41, 5.74) is 5.29. The maximum absolute atomic E-state index is 11.3.